The highest BCUT2D eigenvalue weighted by Gasteiger charge is 2.48. The highest BCUT2D eigenvalue weighted by Crippen LogP contribution is 2.43. The largest absolute Gasteiger partial charge is 0.573 e. The first kappa shape index (κ1) is 19.7. The Morgan fingerprint density at radius 2 is 2.00 bits per heavy atom. The summed E-state index contributed by atoms with van der Waals surface area (Å²) in [6.45, 7) is 0.452. The number of carbonyl (C=O) groups excluding carboxylic acids is 1. The number of hydrogen-bond acceptors (Lipinski definition) is 5. The normalized spacial score (nSPS) is 24.0. The maximum absolute atomic E-state index is 12.5. The fourth-order valence-corrected chi connectivity index (χ4v) is 4.39. The summed E-state index contributed by atoms with van der Waals surface area (Å²) in [4.78, 5) is 25.9. The van der Waals surface area contributed by atoms with Gasteiger partial charge in [-0.15, -0.1) is 13.2 Å². The second-order valence-electron chi connectivity index (χ2n) is 7.95. The van der Waals surface area contributed by atoms with Crippen LogP contribution in [0.5, 0.6) is 5.75 Å². The van der Waals surface area contributed by atoms with E-state index in [1.54, 1.807) is 23.2 Å². The SMILES string of the molecule is O=C1O[C@]2(CC[C@H](c3nc4cc(OC(F)(F)F)ccc4[nH]3)CC2)CN1c1ccccn1. The topological polar surface area (TPSA) is 80.3 Å². The second kappa shape index (κ2) is 7.14. The van der Waals surface area contributed by atoms with Gasteiger partial charge in [-0.25, -0.2) is 14.8 Å². The first-order valence-corrected chi connectivity index (χ1v) is 9.97. The Morgan fingerprint density at radius 1 is 1.19 bits per heavy atom. The molecule has 0 unspecified atom stereocenters. The van der Waals surface area contributed by atoms with Crippen molar-refractivity contribution in [3.05, 3.63) is 48.4 Å². The van der Waals surface area contributed by atoms with E-state index in [4.69, 9.17) is 4.74 Å². The molecule has 0 bridgehead atoms. The van der Waals surface area contributed by atoms with Crippen LogP contribution in [-0.4, -0.2) is 39.6 Å². The van der Waals surface area contributed by atoms with Crippen molar-refractivity contribution in [3.8, 4) is 5.75 Å². The molecule has 1 aliphatic carbocycles. The molecule has 2 aliphatic rings. The predicted molar refractivity (Wildman–Crippen MR) is 105 cm³/mol. The molecule has 162 valence electrons. The second-order valence-corrected chi connectivity index (χ2v) is 7.95. The number of amides is 1. The van der Waals surface area contributed by atoms with Crippen LogP contribution in [0.25, 0.3) is 11.0 Å². The maximum atomic E-state index is 12.5. The number of aromatic nitrogens is 3. The fraction of sp³-hybridized carbons (Fsp3) is 0.381. The summed E-state index contributed by atoms with van der Waals surface area (Å²) < 4.78 is 47.1. The van der Waals surface area contributed by atoms with Crippen LogP contribution < -0.4 is 9.64 Å². The minimum Gasteiger partial charge on any atom is -0.441 e. The number of ether oxygens (including phenoxy) is 2. The fourth-order valence-electron chi connectivity index (χ4n) is 4.39. The van der Waals surface area contributed by atoms with E-state index < -0.39 is 18.1 Å². The summed E-state index contributed by atoms with van der Waals surface area (Å²) in [5.74, 6) is 1.10. The Balaban J connectivity index is 1.28. The molecule has 1 aliphatic heterocycles. The van der Waals surface area contributed by atoms with Crippen LogP contribution in [0.2, 0.25) is 0 Å². The van der Waals surface area contributed by atoms with Crippen molar-refractivity contribution in [2.45, 2.75) is 43.6 Å². The average molecular weight is 432 g/mol. The third-order valence-corrected chi connectivity index (χ3v) is 5.89. The number of nitrogens with one attached hydrogen (secondary N) is 1. The van der Waals surface area contributed by atoms with E-state index in [0.717, 1.165) is 18.7 Å². The van der Waals surface area contributed by atoms with Gasteiger partial charge in [0.1, 0.15) is 23.0 Å². The zero-order chi connectivity index (χ0) is 21.6. The number of hydrogen-bond donors (Lipinski definition) is 1. The molecule has 10 heteroatoms. The first-order chi connectivity index (χ1) is 14.8. The molecule has 3 aromatic rings. The summed E-state index contributed by atoms with van der Waals surface area (Å²) in [6, 6.07) is 9.45. The van der Waals surface area contributed by atoms with Crippen molar-refractivity contribution in [2.75, 3.05) is 11.4 Å². The summed E-state index contributed by atoms with van der Waals surface area (Å²) in [6.07, 6.45) is -0.662. The maximum Gasteiger partial charge on any atom is 0.573 e. The number of alkyl halides is 3. The van der Waals surface area contributed by atoms with Gasteiger partial charge in [0.05, 0.1) is 17.6 Å². The number of nitrogens with zero attached hydrogens (tertiary/aromatic N) is 3. The molecule has 5 rings (SSSR count). The summed E-state index contributed by atoms with van der Waals surface area (Å²) >= 11 is 0. The minimum atomic E-state index is -4.74. The van der Waals surface area contributed by atoms with Crippen LogP contribution in [0.4, 0.5) is 23.8 Å². The lowest BCUT2D eigenvalue weighted by Crippen LogP contribution is -2.38. The van der Waals surface area contributed by atoms with Gasteiger partial charge >= 0.3 is 12.5 Å². The van der Waals surface area contributed by atoms with E-state index in [-0.39, 0.29) is 11.7 Å². The van der Waals surface area contributed by atoms with Gasteiger partial charge in [0.25, 0.3) is 0 Å². The van der Waals surface area contributed by atoms with Crippen molar-refractivity contribution in [3.63, 3.8) is 0 Å². The Morgan fingerprint density at radius 3 is 2.71 bits per heavy atom. The Hall–Kier alpha value is -3.30. The van der Waals surface area contributed by atoms with Gasteiger partial charge in [-0.2, -0.15) is 0 Å². The number of carbonyl (C=O) groups is 1. The molecule has 1 spiro atoms. The molecule has 0 radical (unpaired) electrons. The molecule has 1 aromatic carbocycles. The molecule has 1 saturated carbocycles. The van der Waals surface area contributed by atoms with Crippen LogP contribution >= 0.6 is 0 Å². The van der Waals surface area contributed by atoms with Gasteiger partial charge in [-0.3, -0.25) is 4.90 Å². The minimum absolute atomic E-state index is 0.104. The monoisotopic (exact) mass is 432 g/mol. The number of fused-ring (bicyclic) bond motifs is 1. The summed E-state index contributed by atoms with van der Waals surface area (Å²) in [5.41, 5.74) is 0.522. The summed E-state index contributed by atoms with van der Waals surface area (Å²) in [7, 11) is 0. The highest BCUT2D eigenvalue weighted by molar-refractivity contribution is 5.89. The molecule has 2 aromatic heterocycles. The molecule has 1 amide bonds. The van der Waals surface area contributed by atoms with E-state index >= 15 is 0 Å². The lowest BCUT2D eigenvalue weighted by molar-refractivity contribution is -0.274. The van der Waals surface area contributed by atoms with Crippen molar-refractivity contribution in [1.82, 2.24) is 15.0 Å². The van der Waals surface area contributed by atoms with Gasteiger partial charge < -0.3 is 14.5 Å². The number of rotatable bonds is 3. The van der Waals surface area contributed by atoms with Crippen molar-refractivity contribution >= 4 is 22.9 Å². The molecular formula is C21H19F3N4O3. The molecule has 7 nitrogen and oxygen atoms in total. The van der Waals surface area contributed by atoms with Crippen LogP contribution in [0.15, 0.2) is 42.6 Å². The van der Waals surface area contributed by atoms with E-state index in [9.17, 15) is 18.0 Å². The third-order valence-electron chi connectivity index (χ3n) is 5.89. The van der Waals surface area contributed by atoms with Gasteiger partial charge in [0.2, 0.25) is 0 Å². The molecule has 1 saturated heterocycles. The molecule has 3 heterocycles. The van der Waals surface area contributed by atoms with E-state index in [0.29, 0.717) is 36.2 Å². The van der Waals surface area contributed by atoms with Crippen LogP contribution in [0.1, 0.15) is 37.4 Å². The lowest BCUT2D eigenvalue weighted by Gasteiger charge is -2.34. The Labute approximate surface area is 175 Å². The molecule has 2 fully saturated rings. The molecule has 31 heavy (non-hydrogen) atoms. The number of aromatic amines is 1. The van der Waals surface area contributed by atoms with Gasteiger partial charge in [-0.1, -0.05) is 6.07 Å². The number of halogens is 3. The third kappa shape index (κ3) is 3.89. The number of imidazole rings is 1. The standard InChI is InChI=1S/C21H19F3N4O3/c22-21(23,24)30-14-4-5-15-16(11-14)27-18(26-15)13-6-8-20(9-7-13)12-28(19(29)31-20)17-3-1-2-10-25-17/h1-5,10-11,13H,6-9,12H2,(H,26,27)/t13-,20-. The molecular weight excluding hydrogens is 413 g/mol. The summed E-state index contributed by atoms with van der Waals surface area (Å²) in [5, 5.41) is 0. The van der Waals surface area contributed by atoms with E-state index in [1.807, 2.05) is 6.07 Å². The highest BCUT2D eigenvalue weighted by atomic mass is 19.4. The number of anilines is 1. The lowest BCUT2D eigenvalue weighted by atomic mass is 9.78. The van der Waals surface area contributed by atoms with Gasteiger partial charge in [0, 0.05) is 18.2 Å². The van der Waals surface area contributed by atoms with Crippen LogP contribution in [0, 0.1) is 0 Å². The van der Waals surface area contributed by atoms with E-state index in [2.05, 4.69) is 19.7 Å². The zero-order valence-electron chi connectivity index (χ0n) is 16.4. The van der Waals surface area contributed by atoms with Gasteiger partial charge in [0.15, 0.2) is 0 Å². The molecule has 0 atom stereocenters. The Bertz CT molecular complexity index is 1110. The van der Waals surface area contributed by atoms with Crippen molar-refractivity contribution in [2.24, 2.45) is 0 Å². The van der Waals surface area contributed by atoms with E-state index in [1.165, 1.54) is 18.2 Å². The smallest absolute Gasteiger partial charge is 0.441 e. The zero-order valence-corrected chi connectivity index (χ0v) is 16.4. The average Bonchev–Trinajstić information content (AvgIpc) is 3.29. The number of pyridine rings is 1. The number of H-pyrrole nitrogens is 1. The van der Waals surface area contributed by atoms with Crippen molar-refractivity contribution in [1.29, 1.82) is 0 Å². The van der Waals surface area contributed by atoms with Crippen LogP contribution in [0.3, 0.4) is 0 Å². The Kier molecular flexibility index (Phi) is 4.53. The van der Waals surface area contributed by atoms with Crippen molar-refractivity contribution < 1.29 is 27.4 Å². The number of benzene rings is 1. The first-order valence-electron chi connectivity index (χ1n) is 9.97. The predicted octanol–water partition coefficient (Wildman–Crippen LogP) is 4.91. The van der Waals surface area contributed by atoms with Gasteiger partial charge in [-0.05, 0) is 49.9 Å². The molecule has 1 N–H and O–H groups in total. The van der Waals surface area contributed by atoms with Crippen LogP contribution in [-0.2, 0) is 4.74 Å². The quantitative estimate of drug-likeness (QED) is 0.636.